The van der Waals surface area contributed by atoms with Gasteiger partial charge in [-0.1, -0.05) is 12.1 Å². The summed E-state index contributed by atoms with van der Waals surface area (Å²) in [5.74, 6) is 3.21. The van der Waals surface area contributed by atoms with E-state index < -0.39 is 16.1 Å². The van der Waals surface area contributed by atoms with Crippen LogP contribution in [-0.2, 0) is 10.0 Å². The molecule has 0 saturated carbocycles. The first-order valence-corrected chi connectivity index (χ1v) is 10.1. The quantitative estimate of drug-likeness (QED) is 0.861. The van der Waals surface area contributed by atoms with Crippen LogP contribution in [0, 0.1) is 0 Å². The van der Waals surface area contributed by atoms with Crippen molar-refractivity contribution in [2.45, 2.75) is 23.2 Å². The highest BCUT2D eigenvalue weighted by Gasteiger charge is 2.20. The minimum atomic E-state index is -3.50. The van der Waals surface area contributed by atoms with E-state index in [1.807, 2.05) is 23.5 Å². The SMILES string of the molecule is CC(O)c1cccc(S(=O)(=O)NCC2CSCCS2)c1. The summed E-state index contributed by atoms with van der Waals surface area (Å²) in [6.45, 7) is 2.08. The van der Waals surface area contributed by atoms with Crippen molar-refractivity contribution in [1.82, 2.24) is 4.72 Å². The molecule has 1 aliphatic heterocycles. The normalized spacial score (nSPS) is 21.6. The summed E-state index contributed by atoms with van der Waals surface area (Å²) in [6.07, 6.45) is -0.671. The Morgan fingerprint density at radius 2 is 2.25 bits per heavy atom. The maximum absolute atomic E-state index is 12.2. The Morgan fingerprint density at radius 3 is 2.90 bits per heavy atom. The zero-order valence-corrected chi connectivity index (χ0v) is 13.7. The molecule has 2 rings (SSSR count). The molecule has 4 nitrogen and oxygen atoms in total. The van der Waals surface area contributed by atoms with Gasteiger partial charge in [0.05, 0.1) is 11.0 Å². The van der Waals surface area contributed by atoms with Gasteiger partial charge in [-0.3, -0.25) is 0 Å². The Kier molecular flexibility index (Phi) is 5.80. The van der Waals surface area contributed by atoms with Crippen molar-refractivity contribution in [1.29, 1.82) is 0 Å². The van der Waals surface area contributed by atoms with Gasteiger partial charge in [0.15, 0.2) is 0 Å². The largest absolute Gasteiger partial charge is 0.389 e. The fraction of sp³-hybridized carbons (Fsp3) is 0.538. The predicted octanol–water partition coefficient (Wildman–Crippen LogP) is 1.87. The summed E-state index contributed by atoms with van der Waals surface area (Å²) in [4.78, 5) is 0.212. The molecule has 7 heteroatoms. The summed E-state index contributed by atoms with van der Waals surface area (Å²) >= 11 is 3.69. The number of rotatable bonds is 5. The molecule has 0 amide bonds. The smallest absolute Gasteiger partial charge is 0.240 e. The van der Waals surface area contributed by atoms with E-state index in [-0.39, 0.29) is 4.90 Å². The van der Waals surface area contributed by atoms with Crippen LogP contribution in [0.15, 0.2) is 29.2 Å². The van der Waals surface area contributed by atoms with Crippen LogP contribution >= 0.6 is 23.5 Å². The minimum Gasteiger partial charge on any atom is -0.389 e. The van der Waals surface area contributed by atoms with E-state index in [0.717, 1.165) is 17.3 Å². The van der Waals surface area contributed by atoms with Crippen LogP contribution in [0.1, 0.15) is 18.6 Å². The van der Waals surface area contributed by atoms with Crippen molar-refractivity contribution in [2.75, 3.05) is 23.8 Å². The van der Waals surface area contributed by atoms with Crippen LogP contribution in [-0.4, -0.2) is 42.6 Å². The molecule has 0 bridgehead atoms. The molecular weight excluding hydrogens is 314 g/mol. The Labute approximate surface area is 128 Å². The van der Waals surface area contributed by atoms with Gasteiger partial charge in [0.2, 0.25) is 10.0 Å². The van der Waals surface area contributed by atoms with Crippen molar-refractivity contribution >= 4 is 33.5 Å². The van der Waals surface area contributed by atoms with Gasteiger partial charge in [-0.2, -0.15) is 23.5 Å². The minimum absolute atomic E-state index is 0.212. The van der Waals surface area contributed by atoms with Crippen LogP contribution in [0.3, 0.4) is 0 Å². The predicted molar refractivity (Wildman–Crippen MR) is 85.8 cm³/mol. The number of nitrogens with one attached hydrogen (secondary N) is 1. The van der Waals surface area contributed by atoms with Crippen LogP contribution in [0.25, 0.3) is 0 Å². The lowest BCUT2D eigenvalue weighted by atomic mass is 10.1. The maximum atomic E-state index is 12.2. The number of sulfonamides is 1. The van der Waals surface area contributed by atoms with Crippen LogP contribution in [0.4, 0.5) is 0 Å². The topological polar surface area (TPSA) is 66.4 Å². The fourth-order valence-corrected chi connectivity index (χ4v) is 5.74. The van der Waals surface area contributed by atoms with Crippen molar-refractivity contribution in [3.8, 4) is 0 Å². The first kappa shape index (κ1) is 16.2. The third kappa shape index (κ3) is 4.39. The van der Waals surface area contributed by atoms with E-state index in [2.05, 4.69) is 4.72 Å². The molecule has 0 spiro atoms. The van der Waals surface area contributed by atoms with Gasteiger partial charge in [0, 0.05) is 29.1 Å². The molecule has 1 aromatic rings. The number of aliphatic hydroxyl groups excluding tert-OH is 1. The first-order chi connectivity index (χ1) is 9.49. The molecule has 0 aliphatic carbocycles. The standard InChI is InChI=1S/C13H19NO3S3/c1-10(15)11-3-2-4-13(7-11)20(16,17)14-8-12-9-18-5-6-19-12/h2-4,7,10,12,14-15H,5-6,8-9H2,1H3. The molecule has 2 N–H and O–H groups in total. The summed E-state index contributed by atoms with van der Waals surface area (Å²) in [7, 11) is -3.50. The average molecular weight is 334 g/mol. The molecule has 0 radical (unpaired) electrons. The van der Waals surface area contributed by atoms with Crippen molar-refractivity contribution < 1.29 is 13.5 Å². The summed E-state index contributed by atoms with van der Waals surface area (Å²) in [5, 5.41) is 9.86. The zero-order chi connectivity index (χ0) is 14.6. The Hall–Kier alpha value is -0.210. The first-order valence-electron chi connectivity index (χ1n) is 6.46. The average Bonchev–Trinajstić information content (AvgIpc) is 2.46. The van der Waals surface area contributed by atoms with Gasteiger partial charge in [0.1, 0.15) is 0 Å². The summed E-state index contributed by atoms with van der Waals surface area (Å²) < 4.78 is 27.1. The van der Waals surface area contributed by atoms with E-state index in [0.29, 0.717) is 17.4 Å². The van der Waals surface area contributed by atoms with Crippen LogP contribution < -0.4 is 4.72 Å². The molecule has 2 atom stereocenters. The van der Waals surface area contributed by atoms with E-state index in [9.17, 15) is 13.5 Å². The molecular formula is C13H19NO3S3. The molecule has 2 unspecified atom stereocenters. The second-order valence-corrected chi connectivity index (χ2v) is 8.99. The Morgan fingerprint density at radius 1 is 1.45 bits per heavy atom. The van der Waals surface area contributed by atoms with E-state index in [1.165, 1.54) is 6.07 Å². The van der Waals surface area contributed by atoms with Crippen molar-refractivity contribution in [3.05, 3.63) is 29.8 Å². The zero-order valence-electron chi connectivity index (χ0n) is 11.3. The van der Waals surface area contributed by atoms with E-state index >= 15 is 0 Å². The Balaban J connectivity index is 2.03. The highest BCUT2D eigenvalue weighted by atomic mass is 32.2. The van der Waals surface area contributed by atoms with Gasteiger partial charge in [-0.05, 0) is 24.6 Å². The van der Waals surface area contributed by atoms with Crippen LogP contribution in [0.5, 0.6) is 0 Å². The number of hydrogen-bond acceptors (Lipinski definition) is 5. The number of aliphatic hydroxyl groups is 1. The van der Waals surface area contributed by atoms with Gasteiger partial charge >= 0.3 is 0 Å². The molecule has 1 saturated heterocycles. The Bertz CT molecular complexity index is 540. The third-order valence-corrected chi connectivity index (χ3v) is 7.30. The molecule has 1 fully saturated rings. The summed E-state index contributed by atoms with van der Waals surface area (Å²) in [6, 6.07) is 6.45. The fourth-order valence-electron chi connectivity index (χ4n) is 1.88. The molecule has 0 aromatic heterocycles. The monoisotopic (exact) mass is 333 g/mol. The van der Waals surface area contributed by atoms with Crippen molar-refractivity contribution in [2.24, 2.45) is 0 Å². The second kappa shape index (κ2) is 7.17. The lowest BCUT2D eigenvalue weighted by molar-refractivity contribution is 0.199. The van der Waals surface area contributed by atoms with E-state index in [1.54, 1.807) is 25.1 Å². The summed E-state index contributed by atoms with van der Waals surface area (Å²) in [5.41, 5.74) is 0.607. The molecule has 112 valence electrons. The number of benzene rings is 1. The van der Waals surface area contributed by atoms with E-state index in [4.69, 9.17) is 0 Å². The van der Waals surface area contributed by atoms with Gasteiger partial charge in [0.25, 0.3) is 0 Å². The third-order valence-electron chi connectivity index (χ3n) is 3.04. The van der Waals surface area contributed by atoms with Crippen molar-refractivity contribution in [3.63, 3.8) is 0 Å². The van der Waals surface area contributed by atoms with Gasteiger partial charge < -0.3 is 5.11 Å². The molecule has 1 aliphatic rings. The maximum Gasteiger partial charge on any atom is 0.240 e. The number of hydrogen-bond donors (Lipinski definition) is 2. The van der Waals surface area contributed by atoms with Gasteiger partial charge in [-0.15, -0.1) is 0 Å². The highest BCUT2D eigenvalue weighted by molar-refractivity contribution is 8.06. The molecule has 20 heavy (non-hydrogen) atoms. The second-order valence-electron chi connectivity index (χ2n) is 4.67. The van der Waals surface area contributed by atoms with Gasteiger partial charge in [-0.25, -0.2) is 13.1 Å². The molecule has 1 heterocycles. The van der Waals surface area contributed by atoms with Crippen LogP contribution in [0.2, 0.25) is 0 Å². The highest BCUT2D eigenvalue weighted by Crippen LogP contribution is 2.24. The molecule has 1 aromatic carbocycles. The lowest BCUT2D eigenvalue weighted by Crippen LogP contribution is -2.33. The lowest BCUT2D eigenvalue weighted by Gasteiger charge is -2.21. The number of thioether (sulfide) groups is 2.